The fourth-order valence-corrected chi connectivity index (χ4v) is 1.28. The molecule has 0 amide bonds. The predicted molar refractivity (Wildman–Crippen MR) is 51.6 cm³/mol. The first-order valence-corrected chi connectivity index (χ1v) is 4.62. The zero-order valence-electron chi connectivity index (χ0n) is 8.36. The predicted octanol–water partition coefficient (Wildman–Crippen LogP) is 2.65. The molecule has 0 bridgehead atoms. The van der Waals surface area contributed by atoms with Gasteiger partial charge >= 0.3 is 0 Å². The van der Waals surface area contributed by atoms with Gasteiger partial charge in [-0.15, -0.1) is 0 Å². The lowest BCUT2D eigenvalue weighted by molar-refractivity contribution is 0.0909. The van der Waals surface area contributed by atoms with Crippen LogP contribution in [0.5, 0.6) is 0 Å². The monoisotopic (exact) mass is 191 g/mol. The first-order valence-electron chi connectivity index (χ1n) is 4.62. The number of carbonyl (C=O) groups excluding carboxylic acids is 1. The van der Waals surface area contributed by atoms with Crippen molar-refractivity contribution < 1.29 is 9.21 Å². The summed E-state index contributed by atoms with van der Waals surface area (Å²) in [5.74, 6) is -0.192. The molecule has 0 aliphatic rings. The van der Waals surface area contributed by atoms with Gasteiger partial charge in [0.25, 0.3) is 0 Å². The van der Waals surface area contributed by atoms with Crippen LogP contribution in [0, 0.1) is 23.2 Å². The van der Waals surface area contributed by atoms with E-state index in [0.717, 1.165) is 0 Å². The number of Topliss-reactive ketones (excluding diaryl/α,β-unsaturated/α-hetero) is 1. The van der Waals surface area contributed by atoms with Crippen molar-refractivity contribution in [2.45, 2.75) is 20.3 Å². The second kappa shape index (κ2) is 4.61. The first-order chi connectivity index (χ1) is 6.65. The second-order valence-corrected chi connectivity index (χ2v) is 3.65. The van der Waals surface area contributed by atoms with Crippen LogP contribution in [0.4, 0.5) is 0 Å². The molecule has 1 aromatic heterocycles. The van der Waals surface area contributed by atoms with E-state index >= 15 is 0 Å². The van der Waals surface area contributed by atoms with E-state index < -0.39 is 5.92 Å². The van der Waals surface area contributed by atoms with Crippen LogP contribution in [-0.4, -0.2) is 5.78 Å². The number of ketones is 1. The van der Waals surface area contributed by atoms with Crippen molar-refractivity contribution in [1.82, 2.24) is 0 Å². The molecule has 0 radical (unpaired) electrons. The number of hydrogen-bond donors (Lipinski definition) is 0. The third-order valence-corrected chi connectivity index (χ3v) is 1.94. The minimum Gasteiger partial charge on any atom is -0.461 e. The van der Waals surface area contributed by atoms with Crippen LogP contribution in [0.1, 0.15) is 30.8 Å². The highest BCUT2D eigenvalue weighted by Gasteiger charge is 2.22. The van der Waals surface area contributed by atoms with E-state index in [1.54, 1.807) is 12.1 Å². The van der Waals surface area contributed by atoms with Crippen LogP contribution in [-0.2, 0) is 0 Å². The van der Waals surface area contributed by atoms with E-state index in [0.29, 0.717) is 12.3 Å². The standard InChI is InChI=1S/C11H13NO2/c1-8(2)6-9(7-12)11(13)10-4-3-5-14-10/h3-5,8-9H,6H2,1-2H3. The van der Waals surface area contributed by atoms with E-state index in [1.165, 1.54) is 6.26 Å². The quantitative estimate of drug-likeness (QED) is 0.687. The molecule has 0 saturated heterocycles. The van der Waals surface area contributed by atoms with Crippen LogP contribution < -0.4 is 0 Å². The van der Waals surface area contributed by atoms with Gasteiger partial charge in [-0.2, -0.15) is 5.26 Å². The average Bonchev–Trinajstić information content (AvgIpc) is 2.65. The van der Waals surface area contributed by atoms with Gasteiger partial charge < -0.3 is 4.42 Å². The Balaban J connectivity index is 2.72. The Bertz CT molecular complexity index is 333. The lowest BCUT2D eigenvalue weighted by atomic mass is 9.93. The van der Waals surface area contributed by atoms with Crippen molar-refractivity contribution in [3.8, 4) is 6.07 Å². The van der Waals surface area contributed by atoms with Crippen molar-refractivity contribution in [1.29, 1.82) is 5.26 Å². The molecule has 0 saturated carbocycles. The molecular weight excluding hydrogens is 178 g/mol. The average molecular weight is 191 g/mol. The Morgan fingerprint density at radius 1 is 1.64 bits per heavy atom. The molecule has 1 rings (SSSR count). The van der Waals surface area contributed by atoms with Crippen LogP contribution in [0.15, 0.2) is 22.8 Å². The van der Waals surface area contributed by atoms with Crippen LogP contribution >= 0.6 is 0 Å². The van der Waals surface area contributed by atoms with Crippen LogP contribution in [0.25, 0.3) is 0 Å². The molecule has 3 heteroatoms. The zero-order chi connectivity index (χ0) is 10.6. The van der Waals surface area contributed by atoms with Crippen molar-refractivity contribution in [3.63, 3.8) is 0 Å². The molecule has 1 unspecified atom stereocenters. The van der Waals surface area contributed by atoms with Gasteiger partial charge in [0.2, 0.25) is 5.78 Å². The van der Waals surface area contributed by atoms with Gasteiger partial charge in [0, 0.05) is 0 Å². The summed E-state index contributed by atoms with van der Waals surface area (Å²) < 4.78 is 4.96. The summed E-state index contributed by atoms with van der Waals surface area (Å²) in [6.45, 7) is 3.97. The maximum Gasteiger partial charge on any atom is 0.215 e. The Hall–Kier alpha value is -1.56. The molecule has 1 aromatic rings. The fourth-order valence-electron chi connectivity index (χ4n) is 1.28. The van der Waals surface area contributed by atoms with Gasteiger partial charge in [0.1, 0.15) is 5.92 Å². The number of hydrogen-bond acceptors (Lipinski definition) is 3. The molecule has 0 fully saturated rings. The van der Waals surface area contributed by atoms with Crippen LogP contribution in [0.2, 0.25) is 0 Å². The molecule has 0 N–H and O–H groups in total. The number of carbonyl (C=O) groups is 1. The summed E-state index contributed by atoms with van der Waals surface area (Å²) in [4.78, 5) is 11.7. The van der Waals surface area contributed by atoms with Crippen molar-refractivity contribution in [2.75, 3.05) is 0 Å². The third-order valence-electron chi connectivity index (χ3n) is 1.94. The maximum absolute atomic E-state index is 11.7. The molecule has 74 valence electrons. The van der Waals surface area contributed by atoms with Gasteiger partial charge in [0.05, 0.1) is 12.3 Å². The molecule has 3 nitrogen and oxygen atoms in total. The number of nitriles is 1. The van der Waals surface area contributed by atoms with Gasteiger partial charge in [0.15, 0.2) is 5.76 Å². The number of furan rings is 1. The summed E-state index contributed by atoms with van der Waals surface area (Å²) in [5, 5.41) is 8.83. The molecule has 0 aromatic carbocycles. The van der Waals surface area contributed by atoms with Gasteiger partial charge in [-0.05, 0) is 24.5 Å². The molecule has 0 spiro atoms. The van der Waals surface area contributed by atoms with Crippen molar-refractivity contribution in [3.05, 3.63) is 24.2 Å². The second-order valence-electron chi connectivity index (χ2n) is 3.65. The maximum atomic E-state index is 11.7. The summed E-state index contributed by atoms with van der Waals surface area (Å²) in [5.41, 5.74) is 0. The minimum atomic E-state index is -0.582. The normalized spacial score (nSPS) is 12.4. The third kappa shape index (κ3) is 2.46. The fraction of sp³-hybridized carbons (Fsp3) is 0.455. The Kier molecular flexibility index (Phi) is 3.47. The number of rotatable bonds is 4. The highest BCUT2D eigenvalue weighted by molar-refractivity contribution is 5.96. The van der Waals surface area contributed by atoms with Gasteiger partial charge in [-0.25, -0.2) is 0 Å². The molecule has 0 aliphatic heterocycles. The van der Waals surface area contributed by atoms with E-state index in [4.69, 9.17) is 9.68 Å². The van der Waals surface area contributed by atoms with E-state index in [2.05, 4.69) is 0 Å². The molecule has 0 aliphatic carbocycles. The molecule has 1 heterocycles. The SMILES string of the molecule is CC(C)CC(C#N)C(=O)c1ccco1. The highest BCUT2D eigenvalue weighted by atomic mass is 16.3. The first kappa shape index (κ1) is 10.5. The Morgan fingerprint density at radius 2 is 2.36 bits per heavy atom. The highest BCUT2D eigenvalue weighted by Crippen LogP contribution is 2.16. The zero-order valence-corrected chi connectivity index (χ0v) is 8.36. The molecule has 1 atom stereocenters. The van der Waals surface area contributed by atoms with Gasteiger partial charge in [-0.1, -0.05) is 13.8 Å². The summed E-state index contributed by atoms with van der Waals surface area (Å²) in [7, 11) is 0. The minimum absolute atomic E-state index is 0.216. The molecule has 14 heavy (non-hydrogen) atoms. The summed E-state index contributed by atoms with van der Waals surface area (Å²) in [6, 6.07) is 5.25. The van der Waals surface area contributed by atoms with Crippen LogP contribution in [0.3, 0.4) is 0 Å². The Morgan fingerprint density at radius 3 is 2.79 bits per heavy atom. The summed E-state index contributed by atoms with van der Waals surface area (Å²) in [6.07, 6.45) is 2.02. The lowest BCUT2D eigenvalue weighted by Crippen LogP contribution is -2.14. The largest absolute Gasteiger partial charge is 0.461 e. The topological polar surface area (TPSA) is 54.0 Å². The van der Waals surface area contributed by atoms with Gasteiger partial charge in [-0.3, -0.25) is 4.79 Å². The smallest absolute Gasteiger partial charge is 0.215 e. The molecular formula is C11H13NO2. The van der Waals surface area contributed by atoms with Crippen molar-refractivity contribution in [2.24, 2.45) is 11.8 Å². The van der Waals surface area contributed by atoms with E-state index in [-0.39, 0.29) is 11.5 Å². The lowest BCUT2D eigenvalue weighted by Gasteiger charge is -2.08. The van der Waals surface area contributed by atoms with Crippen molar-refractivity contribution >= 4 is 5.78 Å². The Labute approximate surface area is 83.3 Å². The van der Waals surface area contributed by atoms with E-state index in [1.807, 2.05) is 19.9 Å². The number of nitrogens with zero attached hydrogens (tertiary/aromatic N) is 1. The van der Waals surface area contributed by atoms with E-state index in [9.17, 15) is 4.79 Å². The summed E-state index contributed by atoms with van der Waals surface area (Å²) >= 11 is 0.